The molecule has 0 bridgehead atoms. The van der Waals surface area contributed by atoms with Gasteiger partial charge >= 0.3 is 0 Å². The molecule has 1 atom stereocenters. The molecule has 0 fully saturated rings. The quantitative estimate of drug-likeness (QED) is 0.169. The Bertz CT molecular complexity index is 2760. The molecule has 11 rings (SSSR count). The van der Waals surface area contributed by atoms with Crippen molar-refractivity contribution in [1.82, 2.24) is 0 Å². The summed E-state index contributed by atoms with van der Waals surface area (Å²) in [6.45, 7) is 0. The molecule has 49 heavy (non-hydrogen) atoms. The summed E-state index contributed by atoms with van der Waals surface area (Å²) >= 11 is 0. The Morgan fingerprint density at radius 2 is 0.776 bits per heavy atom. The average Bonchev–Trinajstić information content (AvgIpc) is 3.64. The first-order valence-corrected chi connectivity index (χ1v) is 17.2. The van der Waals surface area contributed by atoms with Gasteiger partial charge in [-0.25, -0.2) is 0 Å². The van der Waals surface area contributed by atoms with Crippen LogP contribution in [-0.4, -0.2) is 0 Å². The van der Waals surface area contributed by atoms with Gasteiger partial charge in [0.05, 0.1) is 5.41 Å². The summed E-state index contributed by atoms with van der Waals surface area (Å²) in [5.41, 5.74) is 15.5. The van der Waals surface area contributed by atoms with Crippen molar-refractivity contribution in [3.63, 3.8) is 0 Å². The molecular formula is C49H30. The van der Waals surface area contributed by atoms with Gasteiger partial charge in [0.2, 0.25) is 0 Å². The lowest BCUT2D eigenvalue weighted by molar-refractivity contribution is 0.795. The molecule has 2 aliphatic rings. The van der Waals surface area contributed by atoms with Gasteiger partial charge in [0, 0.05) is 0 Å². The molecule has 9 aromatic carbocycles. The third kappa shape index (κ3) is 3.43. The van der Waals surface area contributed by atoms with Gasteiger partial charge < -0.3 is 0 Å². The molecule has 0 saturated carbocycles. The number of rotatable bonds is 2. The van der Waals surface area contributed by atoms with Crippen molar-refractivity contribution in [2.24, 2.45) is 0 Å². The van der Waals surface area contributed by atoms with Crippen LogP contribution >= 0.6 is 0 Å². The minimum Gasteiger partial charge on any atom is -0.0622 e. The third-order valence-corrected chi connectivity index (χ3v) is 11.3. The summed E-state index contributed by atoms with van der Waals surface area (Å²) in [6, 6.07) is 68.0. The highest BCUT2D eigenvalue weighted by Crippen LogP contribution is 2.64. The second kappa shape index (κ2) is 9.89. The molecule has 9 aromatic rings. The standard InChI is InChI=1S/C49H30/c1-2-15-32(16-3-1)46-37-19-6-8-21-39(37)47(40-22-9-7-20-38(40)46)33-26-28-36-35-18-10-12-24-42(35)49(45(36)30-33)43-25-13-11-23-41(43)48-34-17-5-4-14-31(34)27-29-44(48)49/h1-30H. The summed E-state index contributed by atoms with van der Waals surface area (Å²) < 4.78 is 0. The zero-order valence-corrected chi connectivity index (χ0v) is 26.8. The van der Waals surface area contributed by atoms with E-state index in [-0.39, 0.29) is 0 Å². The number of hydrogen-bond acceptors (Lipinski definition) is 0. The molecule has 0 amide bonds. The van der Waals surface area contributed by atoms with E-state index in [1.165, 1.54) is 99.1 Å². The van der Waals surface area contributed by atoms with Gasteiger partial charge in [-0.15, -0.1) is 0 Å². The predicted molar refractivity (Wildman–Crippen MR) is 206 cm³/mol. The van der Waals surface area contributed by atoms with Crippen molar-refractivity contribution in [3.8, 4) is 44.5 Å². The number of hydrogen-bond donors (Lipinski definition) is 0. The van der Waals surface area contributed by atoms with E-state index in [1.54, 1.807) is 0 Å². The first-order chi connectivity index (χ1) is 24.3. The highest BCUT2D eigenvalue weighted by atomic mass is 14.5. The van der Waals surface area contributed by atoms with Gasteiger partial charge in [-0.2, -0.15) is 0 Å². The van der Waals surface area contributed by atoms with E-state index in [4.69, 9.17) is 0 Å². The van der Waals surface area contributed by atoms with Crippen LogP contribution in [0.5, 0.6) is 0 Å². The normalized spacial score (nSPS) is 15.4. The van der Waals surface area contributed by atoms with Gasteiger partial charge in [0.1, 0.15) is 0 Å². The Kier molecular flexibility index (Phi) is 5.41. The Morgan fingerprint density at radius 3 is 1.47 bits per heavy atom. The Hall–Kier alpha value is -6.24. The summed E-state index contributed by atoms with van der Waals surface area (Å²) in [5.74, 6) is 0. The Labute approximate surface area is 285 Å². The number of benzene rings is 9. The lowest BCUT2D eigenvalue weighted by Crippen LogP contribution is -2.25. The summed E-state index contributed by atoms with van der Waals surface area (Å²) in [7, 11) is 0. The molecule has 0 heterocycles. The van der Waals surface area contributed by atoms with Crippen LogP contribution in [0.15, 0.2) is 182 Å². The summed E-state index contributed by atoms with van der Waals surface area (Å²) in [6.07, 6.45) is 0. The fourth-order valence-electron chi connectivity index (χ4n) is 9.42. The van der Waals surface area contributed by atoms with Crippen molar-refractivity contribution in [2.45, 2.75) is 5.41 Å². The average molecular weight is 619 g/mol. The minimum atomic E-state index is -0.409. The van der Waals surface area contributed by atoms with E-state index >= 15 is 0 Å². The van der Waals surface area contributed by atoms with Crippen LogP contribution in [0.1, 0.15) is 22.3 Å². The molecule has 0 saturated heterocycles. The van der Waals surface area contributed by atoms with Crippen molar-refractivity contribution >= 4 is 32.3 Å². The lowest BCUT2D eigenvalue weighted by Gasteiger charge is -2.31. The van der Waals surface area contributed by atoms with Crippen LogP contribution in [0.2, 0.25) is 0 Å². The molecule has 0 aliphatic heterocycles. The smallest absolute Gasteiger partial charge is 0.0622 e. The molecule has 0 heteroatoms. The van der Waals surface area contributed by atoms with E-state index < -0.39 is 5.41 Å². The van der Waals surface area contributed by atoms with Crippen LogP contribution < -0.4 is 0 Å². The predicted octanol–water partition coefficient (Wildman–Crippen LogP) is 12.8. The first-order valence-electron chi connectivity index (χ1n) is 17.2. The van der Waals surface area contributed by atoms with Gasteiger partial charge in [0.25, 0.3) is 0 Å². The van der Waals surface area contributed by atoms with Gasteiger partial charge in [-0.1, -0.05) is 176 Å². The maximum absolute atomic E-state index is 2.53. The highest BCUT2D eigenvalue weighted by Gasteiger charge is 2.52. The zero-order chi connectivity index (χ0) is 32.1. The zero-order valence-electron chi connectivity index (χ0n) is 26.8. The Morgan fingerprint density at radius 1 is 0.265 bits per heavy atom. The molecule has 0 radical (unpaired) electrons. The molecule has 0 nitrogen and oxygen atoms in total. The molecular weight excluding hydrogens is 589 g/mol. The van der Waals surface area contributed by atoms with E-state index in [1.807, 2.05) is 0 Å². The van der Waals surface area contributed by atoms with Gasteiger partial charge in [0.15, 0.2) is 0 Å². The van der Waals surface area contributed by atoms with Gasteiger partial charge in [-0.05, 0) is 105 Å². The molecule has 1 spiro atoms. The minimum absolute atomic E-state index is 0.409. The van der Waals surface area contributed by atoms with Crippen molar-refractivity contribution in [1.29, 1.82) is 0 Å². The second-order valence-electron chi connectivity index (χ2n) is 13.5. The topological polar surface area (TPSA) is 0 Å². The maximum Gasteiger partial charge on any atom is 0.0725 e. The highest BCUT2D eigenvalue weighted by molar-refractivity contribution is 6.21. The lowest BCUT2D eigenvalue weighted by atomic mass is 9.70. The molecule has 0 N–H and O–H groups in total. The van der Waals surface area contributed by atoms with E-state index in [2.05, 4.69) is 182 Å². The fourth-order valence-corrected chi connectivity index (χ4v) is 9.42. The van der Waals surface area contributed by atoms with Crippen LogP contribution in [0.25, 0.3) is 76.8 Å². The van der Waals surface area contributed by atoms with Crippen molar-refractivity contribution in [2.75, 3.05) is 0 Å². The third-order valence-electron chi connectivity index (χ3n) is 11.3. The van der Waals surface area contributed by atoms with Crippen molar-refractivity contribution in [3.05, 3.63) is 204 Å². The molecule has 0 aromatic heterocycles. The van der Waals surface area contributed by atoms with Crippen LogP contribution in [0.4, 0.5) is 0 Å². The largest absolute Gasteiger partial charge is 0.0725 e. The van der Waals surface area contributed by atoms with Crippen LogP contribution in [0, 0.1) is 0 Å². The van der Waals surface area contributed by atoms with E-state index in [0.717, 1.165) is 0 Å². The molecule has 2 aliphatic carbocycles. The van der Waals surface area contributed by atoms with Gasteiger partial charge in [-0.3, -0.25) is 0 Å². The molecule has 1 unspecified atom stereocenters. The van der Waals surface area contributed by atoms with Crippen molar-refractivity contribution < 1.29 is 0 Å². The van der Waals surface area contributed by atoms with Crippen LogP contribution in [0.3, 0.4) is 0 Å². The monoisotopic (exact) mass is 618 g/mol. The fraction of sp³-hybridized carbons (Fsp3) is 0.0204. The SMILES string of the molecule is c1ccc(-c2c3ccccc3c(-c3ccc4c(c3)C3(c5ccccc5-4)c4ccccc4-c4c3ccc3ccccc43)c3ccccc23)cc1. The maximum atomic E-state index is 2.53. The summed E-state index contributed by atoms with van der Waals surface area (Å²) in [4.78, 5) is 0. The van der Waals surface area contributed by atoms with E-state index in [0.29, 0.717) is 0 Å². The summed E-state index contributed by atoms with van der Waals surface area (Å²) in [5, 5.41) is 7.73. The van der Waals surface area contributed by atoms with E-state index in [9.17, 15) is 0 Å². The Balaban J connectivity index is 1.27. The number of fused-ring (bicyclic) bond motifs is 14. The first kappa shape index (κ1) is 26.8. The molecule has 226 valence electrons. The second-order valence-corrected chi connectivity index (χ2v) is 13.5. The van der Waals surface area contributed by atoms with Crippen LogP contribution in [-0.2, 0) is 5.41 Å².